The molecular weight excluding hydrogens is 176 g/mol. The zero-order valence-corrected chi connectivity index (χ0v) is 8.72. The van der Waals surface area contributed by atoms with Gasteiger partial charge in [0.15, 0.2) is 0 Å². The third-order valence-corrected chi connectivity index (χ3v) is 3.41. The normalized spacial score (nSPS) is 27.3. The monoisotopic (exact) mass is 196 g/mol. The van der Waals surface area contributed by atoms with Gasteiger partial charge in [0.25, 0.3) is 0 Å². The Hall–Kier alpha value is -0.570. The van der Waals surface area contributed by atoms with Crippen LogP contribution in [0, 0.1) is 5.92 Å². The van der Waals surface area contributed by atoms with Gasteiger partial charge >= 0.3 is 0 Å². The molecule has 1 unspecified atom stereocenters. The first-order chi connectivity index (χ1) is 6.84. The molecule has 1 aliphatic heterocycles. The average Bonchev–Trinajstić information content (AvgIpc) is 2.60. The number of hydrogen-bond donors (Lipinski definition) is 2. The molecule has 2 rings (SSSR count). The molecule has 3 nitrogen and oxygen atoms in total. The molecule has 0 spiro atoms. The van der Waals surface area contributed by atoms with Crippen molar-refractivity contribution in [3.8, 4) is 0 Å². The molecule has 2 aliphatic rings. The lowest BCUT2D eigenvalue weighted by Crippen LogP contribution is -2.39. The summed E-state index contributed by atoms with van der Waals surface area (Å²) in [7, 11) is 0. The molecule has 2 N–H and O–H groups in total. The van der Waals surface area contributed by atoms with E-state index in [1.165, 1.54) is 25.7 Å². The van der Waals surface area contributed by atoms with Crippen LogP contribution < -0.4 is 10.6 Å². The number of amides is 1. The molecule has 0 bridgehead atoms. The Morgan fingerprint density at radius 2 is 2.21 bits per heavy atom. The minimum Gasteiger partial charge on any atom is -0.353 e. The molecule has 1 heterocycles. The van der Waals surface area contributed by atoms with Gasteiger partial charge in [-0.2, -0.15) is 0 Å². The van der Waals surface area contributed by atoms with Crippen LogP contribution in [0.2, 0.25) is 0 Å². The summed E-state index contributed by atoms with van der Waals surface area (Å²) in [6.45, 7) is 2.24. The molecule has 80 valence electrons. The molecule has 1 saturated heterocycles. The SMILES string of the molecule is O=C(CCC1CCNC1)NC1CCC1. The maximum Gasteiger partial charge on any atom is 0.220 e. The minimum absolute atomic E-state index is 0.265. The smallest absolute Gasteiger partial charge is 0.220 e. The van der Waals surface area contributed by atoms with Gasteiger partial charge in [-0.1, -0.05) is 0 Å². The first-order valence-electron chi connectivity index (χ1n) is 5.84. The lowest BCUT2D eigenvalue weighted by atomic mass is 9.93. The molecule has 0 aromatic heterocycles. The van der Waals surface area contributed by atoms with E-state index in [9.17, 15) is 4.79 Å². The number of carbonyl (C=O) groups excluding carboxylic acids is 1. The fourth-order valence-electron chi connectivity index (χ4n) is 2.15. The van der Waals surface area contributed by atoms with E-state index in [1.54, 1.807) is 0 Å². The maximum absolute atomic E-state index is 11.5. The minimum atomic E-state index is 0.265. The largest absolute Gasteiger partial charge is 0.353 e. The molecule has 0 aromatic rings. The quantitative estimate of drug-likeness (QED) is 0.705. The summed E-state index contributed by atoms with van der Waals surface area (Å²) in [6.07, 6.45) is 6.70. The Morgan fingerprint density at radius 1 is 1.36 bits per heavy atom. The van der Waals surface area contributed by atoms with E-state index in [-0.39, 0.29) is 5.91 Å². The van der Waals surface area contributed by atoms with Gasteiger partial charge in [0, 0.05) is 12.5 Å². The molecule has 1 amide bonds. The van der Waals surface area contributed by atoms with E-state index in [0.29, 0.717) is 6.04 Å². The van der Waals surface area contributed by atoms with Crippen molar-refractivity contribution in [3.05, 3.63) is 0 Å². The number of rotatable bonds is 4. The van der Waals surface area contributed by atoms with Crippen molar-refractivity contribution in [3.63, 3.8) is 0 Å². The van der Waals surface area contributed by atoms with E-state index in [2.05, 4.69) is 10.6 Å². The van der Waals surface area contributed by atoms with Crippen molar-refractivity contribution in [2.75, 3.05) is 13.1 Å². The van der Waals surface area contributed by atoms with Gasteiger partial charge in [-0.3, -0.25) is 4.79 Å². The standard InChI is InChI=1S/C11H20N2O/c14-11(13-10-2-1-3-10)5-4-9-6-7-12-8-9/h9-10,12H,1-8H2,(H,13,14). The van der Waals surface area contributed by atoms with Gasteiger partial charge < -0.3 is 10.6 Å². The number of hydrogen-bond acceptors (Lipinski definition) is 2. The van der Waals surface area contributed by atoms with E-state index >= 15 is 0 Å². The molecule has 14 heavy (non-hydrogen) atoms. The number of carbonyl (C=O) groups is 1. The fourth-order valence-corrected chi connectivity index (χ4v) is 2.15. The Bertz CT molecular complexity index is 195. The third-order valence-electron chi connectivity index (χ3n) is 3.41. The van der Waals surface area contributed by atoms with Crippen LogP contribution in [0.25, 0.3) is 0 Å². The lowest BCUT2D eigenvalue weighted by molar-refractivity contribution is -0.122. The van der Waals surface area contributed by atoms with Gasteiger partial charge in [-0.15, -0.1) is 0 Å². The van der Waals surface area contributed by atoms with Crippen molar-refractivity contribution >= 4 is 5.91 Å². The zero-order chi connectivity index (χ0) is 9.80. The van der Waals surface area contributed by atoms with E-state index in [0.717, 1.165) is 31.8 Å². The summed E-state index contributed by atoms with van der Waals surface area (Å²) in [6, 6.07) is 0.504. The van der Waals surface area contributed by atoms with Crippen LogP contribution in [0.15, 0.2) is 0 Å². The molecule has 0 aromatic carbocycles. The highest BCUT2D eigenvalue weighted by molar-refractivity contribution is 5.76. The topological polar surface area (TPSA) is 41.1 Å². The first kappa shape index (κ1) is 9.97. The fraction of sp³-hybridized carbons (Fsp3) is 0.909. The van der Waals surface area contributed by atoms with Gasteiger partial charge in [-0.25, -0.2) is 0 Å². The molecule has 1 aliphatic carbocycles. The highest BCUT2D eigenvalue weighted by atomic mass is 16.1. The van der Waals surface area contributed by atoms with Crippen molar-refractivity contribution in [2.24, 2.45) is 5.92 Å². The second-order valence-electron chi connectivity index (χ2n) is 4.59. The Morgan fingerprint density at radius 3 is 2.79 bits per heavy atom. The van der Waals surface area contributed by atoms with Crippen LogP contribution >= 0.6 is 0 Å². The molecule has 0 radical (unpaired) electrons. The molecule has 3 heteroatoms. The summed E-state index contributed by atoms with van der Waals surface area (Å²) < 4.78 is 0. The average molecular weight is 196 g/mol. The van der Waals surface area contributed by atoms with Crippen molar-refractivity contribution in [1.82, 2.24) is 10.6 Å². The molecule has 1 atom stereocenters. The summed E-state index contributed by atoms with van der Waals surface area (Å²) in [5, 5.41) is 6.41. The zero-order valence-electron chi connectivity index (χ0n) is 8.72. The molecule has 1 saturated carbocycles. The van der Waals surface area contributed by atoms with Crippen molar-refractivity contribution in [1.29, 1.82) is 0 Å². The van der Waals surface area contributed by atoms with Gasteiger partial charge in [-0.05, 0) is 51.1 Å². The maximum atomic E-state index is 11.5. The predicted octanol–water partition coefficient (Wildman–Crippen LogP) is 1.04. The Balaban J connectivity index is 1.57. The third kappa shape index (κ3) is 2.71. The van der Waals surface area contributed by atoms with E-state index in [1.807, 2.05) is 0 Å². The van der Waals surface area contributed by atoms with Crippen molar-refractivity contribution < 1.29 is 4.79 Å². The van der Waals surface area contributed by atoms with Gasteiger partial charge in [0.1, 0.15) is 0 Å². The van der Waals surface area contributed by atoms with Crippen LogP contribution in [-0.4, -0.2) is 25.0 Å². The molecule has 2 fully saturated rings. The number of nitrogens with one attached hydrogen (secondary N) is 2. The Labute approximate surface area is 85.6 Å². The van der Waals surface area contributed by atoms with E-state index < -0.39 is 0 Å². The summed E-state index contributed by atoms with van der Waals surface area (Å²) >= 11 is 0. The summed E-state index contributed by atoms with van der Waals surface area (Å²) in [5.74, 6) is 1.00. The summed E-state index contributed by atoms with van der Waals surface area (Å²) in [5.41, 5.74) is 0. The van der Waals surface area contributed by atoms with E-state index in [4.69, 9.17) is 0 Å². The van der Waals surface area contributed by atoms with Gasteiger partial charge in [0.05, 0.1) is 0 Å². The summed E-state index contributed by atoms with van der Waals surface area (Å²) in [4.78, 5) is 11.5. The first-order valence-corrected chi connectivity index (χ1v) is 5.84. The van der Waals surface area contributed by atoms with Crippen molar-refractivity contribution in [2.45, 2.75) is 44.6 Å². The van der Waals surface area contributed by atoms with Crippen LogP contribution in [0.4, 0.5) is 0 Å². The van der Waals surface area contributed by atoms with Crippen LogP contribution in [0.3, 0.4) is 0 Å². The van der Waals surface area contributed by atoms with Gasteiger partial charge in [0.2, 0.25) is 5.91 Å². The Kier molecular flexibility index (Phi) is 3.40. The van der Waals surface area contributed by atoms with Crippen LogP contribution in [0.1, 0.15) is 38.5 Å². The predicted molar refractivity (Wildman–Crippen MR) is 56.0 cm³/mol. The lowest BCUT2D eigenvalue weighted by Gasteiger charge is -2.26. The highest BCUT2D eigenvalue weighted by Crippen LogP contribution is 2.19. The molecular formula is C11H20N2O. The van der Waals surface area contributed by atoms with Crippen LogP contribution in [-0.2, 0) is 4.79 Å². The second-order valence-corrected chi connectivity index (χ2v) is 4.59. The highest BCUT2D eigenvalue weighted by Gasteiger charge is 2.20. The second kappa shape index (κ2) is 4.78. The van der Waals surface area contributed by atoms with Crippen LogP contribution in [0.5, 0.6) is 0 Å².